The third-order valence-corrected chi connectivity index (χ3v) is 5.95. The van der Waals surface area contributed by atoms with Crippen molar-refractivity contribution < 1.29 is 14.3 Å². The Kier molecular flexibility index (Phi) is 4.46. The lowest BCUT2D eigenvalue weighted by atomic mass is 9.97. The summed E-state index contributed by atoms with van der Waals surface area (Å²) in [5.74, 6) is 0.356. The maximum absolute atomic E-state index is 13.4. The molecular weight excluding hydrogens is 392 g/mol. The van der Waals surface area contributed by atoms with Gasteiger partial charge in [0.15, 0.2) is 0 Å². The van der Waals surface area contributed by atoms with E-state index in [2.05, 4.69) is 9.97 Å². The molecule has 2 aliphatic rings. The Morgan fingerprint density at radius 2 is 2.10 bits per heavy atom. The monoisotopic (exact) mass is 412 g/mol. The summed E-state index contributed by atoms with van der Waals surface area (Å²) in [6.45, 7) is 4.37. The molecule has 0 saturated carbocycles. The molecule has 0 unspecified atom stereocenters. The molecule has 0 fully saturated rings. The largest absolute Gasteiger partial charge is 0.383 e. The quantitative estimate of drug-likeness (QED) is 0.686. The number of anilines is 1. The average Bonchev–Trinajstić information content (AvgIpc) is 3.35. The maximum atomic E-state index is 13.4. The van der Waals surface area contributed by atoms with Crippen molar-refractivity contribution in [3.8, 4) is 0 Å². The van der Waals surface area contributed by atoms with Crippen molar-refractivity contribution >= 4 is 34.4 Å². The van der Waals surface area contributed by atoms with Gasteiger partial charge in [0.2, 0.25) is 0 Å². The third-order valence-electron chi connectivity index (χ3n) is 5.71. The molecule has 2 aliphatic heterocycles. The van der Waals surface area contributed by atoms with Crippen LogP contribution in [0, 0.1) is 0 Å². The van der Waals surface area contributed by atoms with Gasteiger partial charge in [0.25, 0.3) is 5.91 Å². The molecule has 1 amide bonds. The van der Waals surface area contributed by atoms with Crippen molar-refractivity contribution in [2.45, 2.75) is 32.8 Å². The molecule has 0 radical (unpaired) electrons. The first-order valence-electron chi connectivity index (χ1n) is 9.61. The number of hydrogen-bond acceptors (Lipinski definition) is 5. The van der Waals surface area contributed by atoms with Gasteiger partial charge in [-0.15, -0.1) is 0 Å². The Labute approximate surface area is 172 Å². The van der Waals surface area contributed by atoms with Crippen molar-refractivity contribution in [2.75, 3.05) is 18.9 Å². The first-order valence-corrected chi connectivity index (χ1v) is 9.99. The number of hydrogen-bond donors (Lipinski definition) is 2. The van der Waals surface area contributed by atoms with Crippen molar-refractivity contribution in [2.24, 2.45) is 0 Å². The molecule has 0 aliphatic carbocycles. The Balaban J connectivity index is 1.53. The highest BCUT2D eigenvalue weighted by molar-refractivity contribution is 6.30. The van der Waals surface area contributed by atoms with Gasteiger partial charge in [-0.2, -0.15) is 0 Å². The Morgan fingerprint density at radius 1 is 1.28 bits per heavy atom. The summed E-state index contributed by atoms with van der Waals surface area (Å²) in [4.78, 5) is 23.0. The molecule has 150 valence electrons. The predicted octanol–water partition coefficient (Wildman–Crippen LogP) is 3.56. The fourth-order valence-corrected chi connectivity index (χ4v) is 4.46. The summed E-state index contributed by atoms with van der Waals surface area (Å²) in [5, 5.41) is 0.665. The zero-order valence-electron chi connectivity index (χ0n) is 16.0. The van der Waals surface area contributed by atoms with Crippen LogP contribution in [-0.2, 0) is 29.3 Å². The first-order chi connectivity index (χ1) is 14.1. The van der Waals surface area contributed by atoms with Gasteiger partial charge in [-0.25, -0.2) is 4.98 Å². The van der Waals surface area contributed by atoms with Gasteiger partial charge < -0.3 is 25.1 Å². The van der Waals surface area contributed by atoms with Crippen LogP contribution in [0.5, 0.6) is 0 Å². The van der Waals surface area contributed by atoms with E-state index in [4.69, 9.17) is 26.8 Å². The lowest BCUT2D eigenvalue weighted by Crippen LogP contribution is -2.39. The lowest BCUT2D eigenvalue weighted by molar-refractivity contribution is 0.0283. The highest BCUT2D eigenvalue weighted by atomic mass is 35.5. The summed E-state index contributed by atoms with van der Waals surface area (Å²) < 4.78 is 11.3. The molecule has 0 bridgehead atoms. The van der Waals surface area contributed by atoms with E-state index in [1.807, 2.05) is 30.0 Å². The van der Waals surface area contributed by atoms with Crippen LogP contribution >= 0.6 is 11.6 Å². The summed E-state index contributed by atoms with van der Waals surface area (Å²) in [6, 6.07) is 7.34. The average molecular weight is 413 g/mol. The summed E-state index contributed by atoms with van der Waals surface area (Å²) >= 11 is 6.13. The van der Waals surface area contributed by atoms with Gasteiger partial charge >= 0.3 is 0 Å². The van der Waals surface area contributed by atoms with E-state index in [0.29, 0.717) is 55.0 Å². The van der Waals surface area contributed by atoms with E-state index in [0.717, 1.165) is 27.8 Å². The fraction of sp³-hybridized carbons (Fsp3) is 0.333. The topological polar surface area (TPSA) is 93.5 Å². The number of likely N-dealkylation sites (N-methyl/N-ethyl adjacent to an activating group) is 1. The number of nitrogens with one attached hydrogen (secondary N) is 1. The molecule has 3 N–H and O–H groups in total. The van der Waals surface area contributed by atoms with Crippen molar-refractivity contribution in [1.82, 2.24) is 14.9 Å². The molecule has 2 aromatic heterocycles. The molecule has 0 saturated heterocycles. The van der Waals surface area contributed by atoms with Gasteiger partial charge in [0.1, 0.15) is 11.5 Å². The second kappa shape index (κ2) is 7.02. The zero-order chi connectivity index (χ0) is 20.1. The zero-order valence-corrected chi connectivity index (χ0v) is 16.8. The molecule has 0 spiro atoms. The van der Waals surface area contributed by atoms with Crippen LogP contribution < -0.4 is 5.73 Å². The summed E-state index contributed by atoms with van der Waals surface area (Å²) in [5.41, 5.74) is 12.0. The molecule has 1 atom stereocenters. The lowest BCUT2D eigenvalue weighted by Gasteiger charge is -2.35. The standard InChI is InChI=1S/C21H21ClN4O3/c1-2-26(18-10-28-7-11-5-12(22)3-4-13(11)18)21(27)17-6-16-19(24-17)14-8-29-9-15(14)20(23)25-16/h3-6,18,24H,2,7-10H2,1H3,(H2,23,25)/t18-/m0/s1. The number of nitrogens with two attached hydrogens (primary N) is 1. The van der Waals surface area contributed by atoms with Crippen LogP contribution in [0.4, 0.5) is 5.82 Å². The molecular formula is C21H21ClN4O3. The van der Waals surface area contributed by atoms with Crippen LogP contribution in [-0.4, -0.2) is 33.9 Å². The van der Waals surface area contributed by atoms with Gasteiger partial charge in [-0.1, -0.05) is 17.7 Å². The fourth-order valence-electron chi connectivity index (χ4n) is 4.27. The number of carbonyl (C=O) groups excluding carboxylic acids is 1. The van der Waals surface area contributed by atoms with Gasteiger partial charge in [0.05, 0.1) is 43.5 Å². The molecule has 29 heavy (non-hydrogen) atoms. The maximum Gasteiger partial charge on any atom is 0.270 e. The minimum absolute atomic E-state index is 0.104. The van der Waals surface area contributed by atoms with Gasteiger partial charge in [-0.05, 0) is 36.2 Å². The minimum Gasteiger partial charge on any atom is -0.383 e. The number of aromatic nitrogens is 2. The normalized spacial score (nSPS) is 17.9. The molecule has 3 aromatic rings. The van der Waals surface area contributed by atoms with Gasteiger partial charge in [-0.3, -0.25) is 4.79 Å². The number of halogens is 1. The molecule has 1 aromatic carbocycles. The number of nitrogens with zero attached hydrogens (tertiary/aromatic N) is 2. The van der Waals surface area contributed by atoms with E-state index in [9.17, 15) is 4.79 Å². The second-order valence-corrected chi connectivity index (χ2v) is 7.79. The van der Waals surface area contributed by atoms with Crippen LogP contribution in [0.1, 0.15) is 45.7 Å². The van der Waals surface area contributed by atoms with E-state index in [1.165, 1.54) is 0 Å². The number of H-pyrrole nitrogens is 1. The summed E-state index contributed by atoms with van der Waals surface area (Å²) in [7, 11) is 0. The first kappa shape index (κ1) is 18.4. The SMILES string of the molecule is CCN(C(=O)c1cc2nc(N)c3c(c2[nH]1)COC3)[C@H]1COCc2cc(Cl)ccc21. The molecule has 7 nitrogen and oxygen atoms in total. The number of fused-ring (bicyclic) bond motifs is 4. The Hall–Kier alpha value is -2.61. The summed E-state index contributed by atoms with van der Waals surface area (Å²) in [6.07, 6.45) is 0. The number of amides is 1. The number of rotatable bonds is 3. The van der Waals surface area contributed by atoms with Crippen LogP contribution in [0.25, 0.3) is 11.0 Å². The van der Waals surface area contributed by atoms with Crippen LogP contribution in [0.2, 0.25) is 5.02 Å². The second-order valence-electron chi connectivity index (χ2n) is 7.36. The number of benzene rings is 1. The molecule has 8 heteroatoms. The van der Waals surface area contributed by atoms with E-state index < -0.39 is 0 Å². The third kappa shape index (κ3) is 2.97. The number of ether oxygens (including phenoxy) is 2. The highest BCUT2D eigenvalue weighted by Gasteiger charge is 2.31. The minimum atomic E-state index is -0.174. The van der Waals surface area contributed by atoms with Crippen LogP contribution in [0.3, 0.4) is 0 Å². The number of carbonyl (C=O) groups is 1. The van der Waals surface area contributed by atoms with Crippen molar-refractivity contribution in [1.29, 1.82) is 0 Å². The number of nitrogen functional groups attached to an aromatic ring is 1. The van der Waals surface area contributed by atoms with E-state index >= 15 is 0 Å². The van der Waals surface area contributed by atoms with Crippen molar-refractivity contribution in [3.63, 3.8) is 0 Å². The predicted molar refractivity (Wildman–Crippen MR) is 110 cm³/mol. The Morgan fingerprint density at radius 3 is 2.93 bits per heavy atom. The highest BCUT2D eigenvalue weighted by Crippen LogP contribution is 2.34. The van der Waals surface area contributed by atoms with E-state index in [-0.39, 0.29) is 11.9 Å². The molecule has 4 heterocycles. The Bertz CT molecular complexity index is 1130. The smallest absolute Gasteiger partial charge is 0.270 e. The van der Waals surface area contributed by atoms with Crippen LogP contribution in [0.15, 0.2) is 24.3 Å². The van der Waals surface area contributed by atoms with Crippen molar-refractivity contribution in [3.05, 3.63) is 57.2 Å². The van der Waals surface area contributed by atoms with Gasteiger partial charge in [0, 0.05) is 22.7 Å². The molecule has 5 rings (SSSR count). The number of aromatic amines is 1. The number of pyridine rings is 1. The van der Waals surface area contributed by atoms with E-state index in [1.54, 1.807) is 6.07 Å².